The molecule has 170 valence electrons. The number of benzene rings is 2. The number of amides is 1. The van der Waals surface area contributed by atoms with Crippen molar-refractivity contribution in [2.45, 2.75) is 50.4 Å². The Morgan fingerprint density at radius 3 is 2.28 bits per heavy atom. The fourth-order valence-corrected chi connectivity index (χ4v) is 5.91. The van der Waals surface area contributed by atoms with Crippen molar-refractivity contribution in [3.8, 4) is 0 Å². The highest BCUT2D eigenvalue weighted by Crippen LogP contribution is 2.53. The lowest BCUT2D eigenvalue weighted by atomic mass is 9.81. The van der Waals surface area contributed by atoms with E-state index in [1.165, 1.54) is 37.3 Å². The van der Waals surface area contributed by atoms with Crippen LogP contribution in [0, 0.1) is 17.8 Å². The number of rotatable bonds is 5. The molecule has 2 aromatic rings. The molecule has 0 aromatic heterocycles. The minimum atomic E-state index is -4.36. The standard InChI is InChI=1S/C26H29F3N2O/c27-26(28,29)20-8-4-5-17(13-20)14-30-25(32)24-22-15-31(16-23(22)24)21-11-9-19(10-12-21)18-6-2-1-3-7-18/h1-8,13,19,21-24H,9-12,14-16H2,(H,30,32)/t19?,21?,22-,23+,24?. The first-order chi connectivity index (χ1) is 15.4. The van der Waals surface area contributed by atoms with Crippen molar-refractivity contribution < 1.29 is 18.0 Å². The van der Waals surface area contributed by atoms with E-state index in [4.69, 9.17) is 0 Å². The summed E-state index contributed by atoms with van der Waals surface area (Å²) in [5.41, 5.74) is 1.26. The molecular weight excluding hydrogens is 413 g/mol. The van der Waals surface area contributed by atoms with E-state index in [-0.39, 0.29) is 18.4 Å². The Morgan fingerprint density at radius 2 is 1.62 bits per heavy atom. The van der Waals surface area contributed by atoms with Gasteiger partial charge in [0.1, 0.15) is 0 Å². The number of piperidine rings is 1. The van der Waals surface area contributed by atoms with Crippen molar-refractivity contribution in [3.05, 3.63) is 71.3 Å². The second-order valence-electron chi connectivity index (χ2n) is 9.64. The van der Waals surface area contributed by atoms with Crippen molar-refractivity contribution >= 4 is 5.91 Å². The zero-order chi connectivity index (χ0) is 22.3. The highest BCUT2D eigenvalue weighted by molar-refractivity contribution is 5.82. The molecular formula is C26H29F3N2O. The smallest absolute Gasteiger partial charge is 0.352 e. The fraction of sp³-hybridized carbons (Fsp3) is 0.500. The second-order valence-corrected chi connectivity index (χ2v) is 9.64. The van der Waals surface area contributed by atoms with Crippen LogP contribution >= 0.6 is 0 Å². The molecule has 1 N–H and O–H groups in total. The van der Waals surface area contributed by atoms with Crippen LogP contribution in [0.25, 0.3) is 0 Å². The number of nitrogens with zero attached hydrogens (tertiary/aromatic N) is 1. The van der Waals surface area contributed by atoms with Crippen LogP contribution in [0.15, 0.2) is 54.6 Å². The highest BCUT2D eigenvalue weighted by Gasteiger charge is 2.59. The first kappa shape index (κ1) is 21.5. The predicted molar refractivity (Wildman–Crippen MR) is 117 cm³/mol. The normalized spacial score (nSPS) is 30.0. The molecule has 1 amide bonds. The Kier molecular flexibility index (Phi) is 5.74. The van der Waals surface area contributed by atoms with Gasteiger partial charge in [-0.1, -0.05) is 42.5 Å². The molecule has 0 spiro atoms. The monoisotopic (exact) mass is 442 g/mol. The molecule has 3 fully saturated rings. The summed E-state index contributed by atoms with van der Waals surface area (Å²) in [6.45, 7) is 2.10. The van der Waals surface area contributed by atoms with Gasteiger partial charge >= 0.3 is 6.18 Å². The van der Waals surface area contributed by atoms with E-state index in [9.17, 15) is 18.0 Å². The van der Waals surface area contributed by atoms with Gasteiger partial charge in [0.15, 0.2) is 0 Å². The summed E-state index contributed by atoms with van der Waals surface area (Å²) >= 11 is 0. The first-order valence-corrected chi connectivity index (χ1v) is 11.6. The summed E-state index contributed by atoms with van der Waals surface area (Å²) in [6, 6.07) is 16.6. The van der Waals surface area contributed by atoms with E-state index in [1.54, 1.807) is 6.07 Å². The third kappa shape index (κ3) is 4.42. The molecule has 3 nitrogen and oxygen atoms in total. The molecule has 1 heterocycles. The molecule has 2 saturated carbocycles. The summed E-state index contributed by atoms with van der Waals surface area (Å²) in [5.74, 6) is 1.49. The number of likely N-dealkylation sites (tertiary alicyclic amines) is 1. The minimum absolute atomic E-state index is 0.00940. The van der Waals surface area contributed by atoms with Gasteiger partial charge in [-0.25, -0.2) is 0 Å². The number of alkyl halides is 3. The average molecular weight is 443 g/mol. The number of hydrogen-bond donors (Lipinski definition) is 1. The van der Waals surface area contributed by atoms with Crippen LogP contribution in [0.2, 0.25) is 0 Å². The summed E-state index contributed by atoms with van der Waals surface area (Å²) in [6.07, 6.45) is 0.511. The lowest BCUT2D eigenvalue weighted by Gasteiger charge is -2.36. The summed E-state index contributed by atoms with van der Waals surface area (Å²) < 4.78 is 38.6. The number of halogens is 3. The lowest BCUT2D eigenvalue weighted by molar-refractivity contribution is -0.137. The van der Waals surface area contributed by atoms with E-state index in [0.29, 0.717) is 29.4 Å². The number of fused-ring (bicyclic) bond motifs is 1. The SMILES string of the molecule is O=C(NCc1cccc(C(F)(F)F)c1)C1[C@H]2CN(C3CCC(c4ccccc4)CC3)C[C@@H]12. The Morgan fingerprint density at radius 1 is 0.938 bits per heavy atom. The Hall–Kier alpha value is -2.34. The number of hydrogen-bond acceptors (Lipinski definition) is 2. The maximum Gasteiger partial charge on any atom is 0.416 e. The van der Waals surface area contributed by atoms with E-state index in [2.05, 4.69) is 40.5 Å². The van der Waals surface area contributed by atoms with Gasteiger partial charge < -0.3 is 5.32 Å². The number of nitrogens with one attached hydrogen (secondary N) is 1. The number of carbonyl (C=O) groups is 1. The molecule has 3 aliphatic rings. The topological polar surface area (TPSA) is 32.3 Å². The van der Waals surface area contributed by atoms with Gasteiger partial charge in [-0.15, -0.1) is 0 Å². The van der Waals surface area contributed by atoms with Crippen molar-refractivity contribution in [2.75, 3.05) is 13.1 Å². The lowest BCUT2D eigenvalue weighted by Crippen LogP contribution is -2.39. The van der Waals surface area contributed by atoms with E-state index in [0.717, 1.165) is 25.2 Å². The van der Waals surface area contributed by atoms with Gasteiger partial charge in [0, 0.05) is 31.6 Å². The van der Waals surface area contributed by atoms with Crippen LogP contribution in [-0.4, -0.2) is 29.9 Å². The zero-order valence-corrected chi connectivity index (χ0v) is 18.0. The van der Waals surface area contributed by atoms with Crippen LogP contribution in [0.3, 0.4) is 0 Å². The molecule has 1 saturated heterocycles. The molecule has 0 bridgehead atoms. The van der Waals surface area contributed by atoms with Gasteiger partial charge in [-0.3, -0.25) is 9.69 Å². The van der Waals surface area contributed by atoms with Crippen LogP contribution in [-0.2, 0) is 17.5 Å². The van der Waals surface area contributed by atoms with Gasteiger partial charge in [0.2, 0.25) is 5.91 Å². The van der Waals surface area contributed by atoms with E-state index in [1.807, 2.05) is 0 Å². The molecule has 32 heavy (non-hydrogen) atoms. The van der Waals surface area contributed by atoms with E-state index >= 15 is 0 Å². The van der Waals surface area contributed by atoms with Gasteiger partial charge in [0.25, 0.3) is 0 Å². The fourth-order valence-electron chi connectivity index (χ4n) is 5.91. The summed E-state index contributed by atoms with van der Waals surface area (Å²) in [5, 5.41) is 2.86. The largest absolute Gasteiger partial charge is 0.416 e. The predicted octanol–water partition coefficient (Wildman–Crippen LogP) is 5.23. The molecule has 0 radical (unpaired) electrons. The van der Waals surface area contributed by atoms with Gasteiger partial charge in [0.05, 0.1) is 5.56 Å². The molecule has 3 atom stereocenters. The summed E-state index contributed by atoms with van der Waals surface area (Å²) in [7, 11) is 0. The van der Waals surface area contributed by atoms with Crippen molar-refractivity contribution in [3.63, 3.8) is 0 Å². The van der Waals surface area contributed by atoms with Gasteiger partial charge in [-0.05, 0) is 66.7 Å². The average Bonchev–Trinajstić information content (AvgIpc) is 3.31. The van der Waals surface area contributed by atoms with Gasteiger partial charge in [-0.2, -0.15) is 13.2 Å². The Bertz CT molecular complexity index is 941. The third-order valence-corrected chi connectivity index (χ3v) is 7.73. The second kappa shape index (κ2) is 8.54. The van der Waals surface area contributed by atoms with Crippen LogP contribution in [0.4, 0.5) is 13.2 Å². The van der Waals surface area contributed by atoms with Crippen LogP contribution < -0.4 is 5.32 Å². The number of carbonyl (C=O) groups excluding carboxylic acids is 1. The van der Waals surface area contributed by atoms with Crippen molar-refractivity contribution in [1.29, 1.82) is 0 Å². The first-order valence-electron chi connectivity index (χ1n) is 11.6. The zero-order valence-electron chi connectivity index (χ0n) is 18.0. The summed E-state index contributed by atoms with van der Waals surface area (Å²) in [4.78, 5) is 15.2. The van der Waals surface area contributed by atoms with E-state index < -0.39 is 11.7 Å². The molecule has 1 aliphatic heterocycles. The third-order valence-electron chi connectivity index (χ3n) is 7.73. The van der Waals surface area contributed by atoms with Crippen molar-refractivity contribution in [2.24, 2.45) is 17.8 Å². The molecule has 2 aliphatic carbocycles. The van der Waals surface area contributed by atoms with Crippen LogP contribution in [0.5, 0.6) is 0 Å². The Balaban J connectivity index is 1.07. The Labute approximate surface area is 187 Å². The minimum Gasteiger partial charge on any atom is -0.352 e. The highest BCUT2D eigenvalue weighted by atomic mass is 19.4. The molecule has 6 heteroatoms. The van der Waals surface area contributed by atoms with Crippen molar-refractivity contribution in [1.82, 2.24) is 10.2 Å². The van der Waals surface area contributed by atoms with Crippen LogP contribution in [0.1, 0.15) is 48.3 Å². The molecule has 5 rings (SSSR count). The maximum absolute atomic E-state index is 12.9. The molecule has 2 aromatic carbocycles. The molecule has 1 unspecified atom stereocenters. The maximum atomic E-state index is 12.9. The quantitative estimate of drug-likeness (QED) is 0.688.